The van der Waals surface area contributed by atoms with E-state index in [1.807, 2.05) is 49.9 Å². The zero-order valence-electron chi connectivity index (χ0n) is 28.4. The normalized spacial score (nSPS) is 17.4. The van der Waals surface area contributed by atoms with E-state index in [1.165, 1.54) is 101 Å². The maximum Gasteiger partial charge on any atom is 0.338 e. The van der Waals surface area contributed by atoms with Crippen LogP contribution in [0.4, 0.5) is 0 Å². The minimum Gasteiger partial charge on any atom is -0.459 e. The molecule has 0 saturated heterocycles. The summed E-state index contributed by atoms with van der Waals surface area (Å²) in [6.07, 6.45) is 23.9. The number of benzene rings is 1. The first-order valence-electron chi connectivity index (χ1n) is 17.5. The van der Waals surface area contributed by atoms with Crippen molar-refractivity contribution in [2.45, 2.75) is 149 Å². The first-order chi connectivity index (χ1) is 20.8. The molecule has 6 heteroatoms. The summed E-state index contributed by atoms with van der Waals surface area (Å²) in [6, 6.07) is 7.81. The minimum absolute atomic E-state index is 0.0438. The van der Waals surface area contributed by atoms with E-state index >= 15 is 0 Å². The van der Waals surface area contributed by atoms with E-state index in [0.717, 1.165) is 35.5 Å². The average Bonchev–Trinajstić information content (AvgIpc) is 3.32. The molecule has 0 fully saturated rings. The van der Waals surface area contributed by atoms with Crippen LogP contribution in [0.5, 0.6) is 0 Å². The zero-order valence-corrected chi connectivity index (χ0v) is 29.2. The summed E-state index contributed by atoms with van der Waals surface area (Å²) in [6.45, 7) is 10.6. The number of nitrogens with zero attached hydrogens (tertiary/aromatic N) is 1. The Morgan fingerprint density at radius 2 is 1.40 bits per heavy atom. The van der Waals surface area contributed by atoms with E-state index in [0.29, 0.717) is 12.2 Å². The third kappa shape index (κ3) is 17.7. The highest BCUT2D eigenvalue weighted by Crippen LogP contribution is 2.32. The van der Waals surface area contributed by atoms with Crippen LogP contribution in [-0.4, -0.2) is 55.4 Å². The van der Waals surface area contributed by atoms with Crippen molar-refractivity contribution < 1.29 is 23.5 Å². The third-order valence-electron chi connectivity index (χ3n) is 8.16. The molecule has 1 heterocycles. The van der Waals surface area contributed by atoms with Crippen LogP contribution in [0.3, 0.4) is 0 Å². The van der Waals surface area contributed by atoms with E-state index in [9.17, 15) is 4.79 Å². The summed E-state index contributed by atoms with van der Waals surface area (Å²) < 4.78 is 18.5. The van der Waals surface area contributed by atoms with E-state index in [4.69, 9.17) is 14.2 Å². The molecule has 0 saturated carbocycles. The van der Waals surface area contributed by atoms with Gasteiger partial charge in [-0.2, -0.15) is 0 Å². The predicted molar refractivity (Wildman–Crippen MR) is 183 cm³/mol. The summed E-state index contributed by atoms with van der Waals surface area (Å²) >= 11 is 1.87. The van der Waals surface area contributed by atoms with Crippen molar-refractivity contribution in [3.8, 4) is 0 Å². The second-order valence-corrected chi connectivity index (χ2v) is 14.3. The van der Waals surface area contributed by atoms with E-state index in [-0.39, 0.29) is 24.8 Å². The molecule has 2 atom stereocenters. The molecule has 0 aliphatic carbocycles. The lowest BCUT2D eigenvalue weighted by Crippen LogP contribution is -2.35. The Balaban J connectivity index is 1.55. The van der Waals surface area contributed by atoms with Gasteiger partial charge in [-0.15, -0.1) is 0 Å². The standard InChI is InChI=1S/C37H64NO4S/c1-6-7-8-9-10-11-12-13-14-15-16-17-18-19-20-23-26-40-29-35(42-32(2)3)30-41-37(39)36-25-22-21-24-34(36)28-38(5)27-33(4)43-31-38/h21-22,24-25,27,32,35H,6-20,23,26,28-31H2,1-5H3/q+1. The number of ether oxygens (including phenoxy) is 3. The molecule has 246 valence electrons. The van der Waals surface area contributed by atoms with Crippen molar-refractivity contribution in [2.24, 2.45) is 0 Å². The van der Waals surface area contributed by atoms with Crippen molar-refractivity contribution in [1.82, 2.24) is 0 Å². The number of allylic oxidation sites excluding steroid dienone is 1. The highest BCUT2D eigenvalue weighted by Gasteiger charge is 2.29. The third-order valence-corrected chi connectivity index (χ3v) is 9.44. The lowest BCUT2D eigenvalue weighted by atomic mass is 10.0. The lowest BCUT2D eigenvalue weighted by Gasteiger charge is -2.26. The monoisotopic (exact) mass is 618 g/mol. The number of hydrogen-bond donors (Lipinski definition) is 0. The number of hydrogen-bond acceptors (Lipinski definition) is 5. The van der Waals surface area contributed by atoms with Gasteiger partial charge in [0.05, 0.1) is 25.3 Å². The number of thioether (sulfide) groups is 1. The van der Waals surface area contributed by atoms with Crippen LogP contribution in [-0.2, 0) is 20.8 Å². The first-order valence-corrected chi connectivity index (χ1v) is 18.5. The van der Waals surface area contributed by atoms with Crippen molar-refractivity contribution >= 4 is 17.7 Å². The summed E-state index contributed by atoms with van der Waals surface area (Å²) in [5.74, 6) is 0.695. The predicted octanol–water partition coefficient (Wildman–Crippen LogP) is 10.4. The van der Waals surface area contributed by atoms with Crippen LogP contribution in [0.2, 0.25) is 0 Å². The number of quaternary nitrogens is 1. The molecule has 2 rings (SSSR count). The second kappa shape index (κ2) is 23.1. The molecule has 1 aromatic rings. The molecule has 1 aliphatic heterocycles. The van der Waals surface area contributed by atoms with Gasteiger partial charge in [0.25, 0.3) is 0 Å². The molecular weight excluding hydrogens is 554 g/mol. The Hall–Kier alpha value is -1.34. The molecule has 0 bridgehead atoms. The van der Waals surface area contributed by atoms with Crippen molar-refractivity contribution in [1.29, 1.82) is 0 Å². The van der Waals surface area contributed by atoms with Crippen LogP contribution >= 0.6 is 11.8 Å². The van der Waals surface area contributed by atoms with Crippen LogP contribution in [0, 0.1) is 0 Å². The summed E-state index contributed by atoms with van der Waals surface area (Å²) in [5, 5.41) is 0. The molecule has 1 aliphatic rings. The molecule has 2 unspecified atom stereocenters. The molecule has 0 spiro atoms. The van der Waals surface area contributed by atoms with Gasteiger partial charge in [0.1, 0.15) is 31.3 Å². The van der Waals surface area contributed by atoms with Gasteiger partial charge in [-0.1, -0.05) is 133 Å². The van der Waals surface area contributed by atoms with Crippen LogP contribution in [0.25, 0.3) is 0 Å². The van der Waals surface area contributed by atoms with Gasteiger partial charge >= 0.3 is 5.97 Å². The van der Waals surface area contributed by atoms with Crippen LogP contribution in [0.15, 0.2) is 35.4 Å². The molecule has 43 heavy (non-hydrogen) atoms. The quantitative estimate of drug-likeness (QED) is 0.0587. The number of rotatable bonds is 26. The fraction of sp³-hybridized carbons (Fsp3) is 0.757. The summed E-state index contributed by atoms with van der Waals surface area (Å²) in [7, 11) is 2.20. The molecule has 1 aromatic carbocycles. The Labute approximate surface area is 269 Å². The number of carbonyl (C=O) groups is 1. The van der Waals surface area contributed by atoms with E-state index in [2.05, 4.69) is 27.1 Å². The molecular formula is C37H64NO4S+. The zero-order chi connectivity index (χ0) is 31.2. The fourth-order valence-corrected chi connectivity index (χ4v) is 6.82. The van der Waals surface area contributed by atoms with Crippen LogP contribution < -0.4 is 0 Å². The number of esters is 1. The van der Waals surface area contributed by atoms with E-state index < -0.39 is 0 Å². The average molecular weight is 619 g/mol. The number of unbranched alkanes of at least 4 members (excludes halogenated alkanes) is 15. The van der Waals surface area contributed by atoms with Gasteiger partial charge in [0.2, 0.25) is 0 Å². The summed E-state index contributed by atoms with van der Waals surface area (Å²) in [5.41, 5.74) is 1.66. The van der Waals surface area contributed by atoms with Gasteiger partial charge in [0, 0.05) is 17.1 Å². The van der Waals surface area contributed by atoms with Gasteiger partial charge in [-0.25, -0.2) is 4.79 Å². The molecule has 5 nitrogen and oxygen atoms in total. The molecule has 0 aromatic heterocycles. The van der Waals surface area contributed by atoms with Crippen LogP contribution in [0.1, 0.15) is 146 Å². The Bertz CT molecular complexity index is 904. The fourth-order valence-electron chi connectivity index (χ4n) is 5.83. The number of carbonyl (C=O) groups excluding carboxylic acids is 1. The largest absolute Gasteiger partial charge is 0.459 e. The SMILES string of the molecule is CCCCCCCCCCCCCCCCCCOCC(COC(=O)c1ccccc1C[N+]1(C)C=C(C)SC1)OC(C)C. The van der Waals surface area contributed by atoms with Gasteiger partial charge in [-0.05, 0) is 33.3 Å². The maximum atomic E-state index is 13.1. The van der Waals surface area contributed by atoms with Crippen molar-refractivity contribution in [3.63, 3.8) is 0 Å². The Kier molecular flexibility index (Phi) is 20.3. The van der Waals surface area contributed by atoms with Crippen molar-refractivity contribution in [3.05, 3.63) is 46.5 Å². The van der Waals surface area contributed by atoms with Gasteiger partial charge in [0.15, 0.2) is 0 Å². The van der Waals surface area contributed by atoms with Gasteiger partial charge in [-0.3, -0.25) is 4.48 Å². The van der Waals surface area contributed by atoms with E-state index in [1.54, 1.807) is 0 Å². The topological polar surface area (TPSA) is 44.8 Å². The molecule has 0 N–H and O–H groups in total. The second-order valence-electron chi connectivity index (χ2n) is 13.1. The summed E-state index contributed by atoms with van der Waals surface area (Å²) in [4.78, 5) is 14.4. The first kappa shape index (κ1) is 37.8. The lowest BCUT2D eigenvalue weighted by molar-refractivity contribution is -0.858. The van der Waals surface area contributed by atoms with Crippen molar-refractivity contribution in [2.75, 3.05) is 32.7 Å². The van der Waals surface area contributed by atoms with Gasteiger partial charge < -0.3 is 14.2 Å². The maximum absolute atomic E-state index is 13.1. The highest BCUT2D eigenvalue weighted by molar-refractivity contribution is 8.03. The molecule has 0 amide bonds. The highest BCUT2D eigenvalue weighted by atomic mass is 32.2. The smallest absolute Gasteiger partial charge is 0.338 e. The Morgan fingerprint density at radius 3 is 1.93 bits per heavy atom. The minimum atomic E-state index is -0.287. The Morgan fingerprint density at radius 1 is 0.837 bits per heavy atom. The molecule has 0 radical (unpaired) electrons.